The Kier molecular flexibility index (Phi) is 6.09. The molecule has 5 heteroatoms. The maximum atomic E-state index is 12.1. The van der Waals surface area contributed by atoms with E-state index in [4.69, 9.17) is 4.74 Å². The SMILES string of the molecule is Cl.O=C(OCc1ccccc1)N1CCC2(CCCCN2)CC1. The lowest BCUT2D eigenvalue weighted by Gasteiger charge is -2.44. The molecular formula is C17H25ClN2O2. The fraction of sp³-hybridized carbons (Fsp3) is 0.588. The van der Waals surface area contributed by atoms with Crippen molar-refractivity contribution in [2.24, 2.45) is 0 Å². The average Bonchev–Trinajstić information content (AvgIpc) is 2.55. The van der Waals surface area contributed by atoms with Crippen molar-refractivity contribution >= 4 is 18.5 Å². The van der Waals surface area contributed by atoms with Crippen LogP contribution in [0.3, 0.4) is 0 Å². The maximum absolute atomic E-state index is 12.1. The van der Waals surface area contributed by atoms with E-state index in [-0.39, 0.29) is 24.0 Å². The molecule has 0 atom stereocenters. The highest BCUT2D eigenvalue weighted by atomic mass is 35.5. The lowest BCUT2D eigenvalue weighted by atomic mass is 9.80. The van der Waals surface area contributed by atoms with Crippen molar-refractivity contribution in [3.8, 4) is 0 Å². The second kappa shape index (κ2) is 7.84. The molecule has 2 aliphatic heterocycles. The molecular weight excluding hydrogens is 300 g/mol. The highest BCUT2D eigenvalue weighted by Crippen LogP contribution is 2.30. The predicted molar refractivity (Wildman–Crippen MR) is 89.3 cm³/mol. The van der Waals surface area contributed by atoms with Gasteiger partial charge in [-0.1, -0.05) is 36.8 Å². The number of nitrogens with zero attached hydrogens (tertiary/aromatic N) is 1. The van der Waals surface area contributed by atoms with E-state index in [0.717, 1.165) is 38.0 Å². The molecule has 2 fully saturated rings. The van der Waals surface area contributed by atoms with E-state index in [1.54, 1.807) is 0 Å². The van der Waals surface area contributed by atoms with Crippen LogP contribution in [0, 0.1) is 0 Å². The fourth-order valence-corrected chi connectivity index (χ4v) is 3.39. The van der Waals surface area contributed by atoms with E-state index in [1.807, 2.05) is 35.2 Å². The lowest BCUT2D eigenvalue weighted by Crippen LogP contribution is -2.56. The summed E-state index contributed by atoms with van der Waals surface area (Å²) in [6.45, 7) is 3.10. The van der Waals surface area contributed by atoms with E-state index in [0.29, 0.717) is 6.61 Å². The topological polar surface area (TPSA) is 41.6 Å². The average molecular weight is 325 g/mol. The number of halogens is 1. The van der Waals surface area contributed by atoms with Crippen LogP contribution in [-0.2, 0) is 11.3 Å². The summed E-state index contributed by atoms with van der Waals surface area (Å²) in [6.07, 6.45) is 5.76. The van der Waals surface area contributed by atoms with E-state index >= 15 is 0 Å². The summed E-state index contributed by atoms with van der Waals surface area (Å²) in [5.41, 5.74) is 1.32. The van der Waals surface area contributed by atoms with Gasteiger partial charge in [-0.25, -0.2) is 4.79 Å². The number of hydrogen-bond acceptors (Lipinski definition) is 3. The largest absolute Gasteiger partial charge is 0.445 e. The van der Waals surface area contributed by atoms with Crippen molar-refractivity contribution in [3.63, 3.8) is 0 Å². The van der Waals surface area contributed by atoms with Crippen molar-refractivity contribution in [1.82, 2.24) is 10.2 Å². The molecule has 1 spiro atoms. The number of carbonyl (C=O) groups is 1. The molecule has 122 valence electrons. The summed E-state index contributed by atoms with van der Waals surface area (Å²) in [4.78, 5) is 14.0. The first kappa shape index (κ1) is 17.1. The van der Waals surface area contributed by atoms with Gasteiger partial charge in [0.1, 0.15) is 6.61 Å². The number of nitrogens with one attached hydrogen (secondary N) is 1. The Bertz CT molecular complexity index is 465. The van der Waals surface area contributed by atoms with E-state index in [9.17, 15) is 4.79 Å². The molecule has 22 heavy (non-hydrogen) atoms. The zero-order valence-electron chi connectivity index (χ0n) is 12.9. The quantitative estimate of drug-likeness (QED) is 0.907. The van der Waals surface area contributed by atoms with Crippen LogP contribution in [0.2, 0.25) is 0 Å². The number of amides is 1. The van der Waals surface area contributed by atoms with Gasteiger partial charge < -0.3 is 15.0 Å². The third-order valence-corrected chi connectivity index (χ3v) is 4.77. The lowest BCUT2D eigenvalue weighted by molar-refractivity contribution is 0.0663. The maximum Gasteiger partial charge on any atom is 0.410 e. The Hall–Kier alpha value is -1.26. The van der Waals surface area contributed by atoms with Crippen molar-refractivity contribution in [2.45, 2.75) is 44.2 Å². The van der Waals surface area contributed by atoms with Gasteiger partial charge in [-0.15, -0.1) is 12.4 Å². The van der Waals surface area contributed by atoms with E-state index < -0.39 is 0 Å². The first-order valence-electron chi connectivity index (χ1n) is 7.98. The van der Waals surface area contributed by atoms with Gasteiger partial charge in [0.2, 0.25) is 0 Å². The summed E-state index contributed by atoms with van der Waals surface area (Å²) in [7, 11) is 0. The highest BCUT2D eigenvalue weighted by molar-refractivity contribution is 5.85. The van der Waals surface area contributed by atoms with Crippen molar-refractivity contribution in [1.29, 1.82) is 0 Å². The molecule has 0 radical (unpaired) electrons. The van der Waals surface area contributed by atoms with Crippen molar-refractivity contribution < 1.29 is 9.53 Å². The van der Waals surface area contributed by atoms with Gasteiger partial charge in [-0.05, 0) is 37.8 Å². The van der Waals surface area contributed by atoms with Crippen LogP contribution >= 0.6 is 12.4 Å². The van der Waals surface area contributed by atoms with Gasteiger partial charge in [-0.2, -0.15) is 0 Å². The monoisotopic (exact) mass is 324 g/mol. The van der Waals surface area contributed by atoms with E-state index in [2.05, 4.69) is 5.32 Å². The van der Waals surface area contributed by atoms with Crippen LogP contribution in [0.4, 0.5) is 4.79 Å². The third-order valence-electron chi connectivity index (χ3n) is 4.77. The zero-order chi connectivity index (χ0) is 14.5. The summed E-state index contributed by atoms with van der Waals surface area (Å²) < 4.78 is 5.41. The van der Waals surface area contributed by atoms with Gasteiger partial charge >= 0.3 is 6.09 Å². The number of piperidine rings is 2. The van der Waals surface area contributed by atoms with Crippen LogP contribution < -0.4 is 5.32 Å². The first-order valence-corrected chi connectivity index (χ1v) is 7.98. The minimum Gasteiger partial charge on any atom is -0.445 e. The summed E-state index contributed by atoms with van der Waals surface area (Å²) in [6, 6.07) is 9.84. The second-order valence-electron chi connectivity index (χ2n) is 6.19. The van der Waals surface area contributed by atoms with Crippen LogP contribution in [0.15, 0.2) is 30.3 Å². The molecule has 1 N–H and O–H groups in total. The zero-order valence-corrected chi connectivity index (χ0v) is 13.7. The molecule has 4 nitrogen and oxygen atoms in total. The summed E-state index contributed by atoms with van der Waals surface area (Å²) in [5.74, 6) is 0. The molecule has 1 aromatic carbocycles. The molecule has 1 amide bonds. The molecule has 0 bridgehead atoms. The highest BCUT2D eigenvalue weighted by Gasteiger charge is 2.36. The fourth-order valence-electron chi connectivity index (χ4n) is 3.39. The molecule has 0 unspecified atom stereocenters. The van der Waals surface area contributed by atoms with Crippen LogP contribution in [0.5, 0.6) is 0 Å². The van der Waals surface area contributed by atoms with E-state index in [1.165, 1.54) is 19.3 Å². The van der Waals surface area contributed by atoms with Gasteiger partial charge in [-0.3, -0.25) is 0 Å². The standard InChI is InChI=1S/C17H24N2O2.ClH/c20-16(21-14-15-6-2-1-3-7-15)19-12-9-17(10-13-19)8-4-5-11-18-17;/h1-3,6-7,18H,4-5,8-14H2;1H. The van der Waals surface area contributed by atoms with Gasteiger partial charge in [0.05, 0.1) is 0 Å². The molecule has 2 heterocycles. The number of hydrogen-bond donors (Lipinski definition) is 1. The second-order valence-corrected chi connectivity index (χ2v) is 6.19. The third kappa shape index (κ3) is 4.14. The molecule has 2 aliphatic rings. The molecule has 1 aromatic rings. The first-order chi connectivity index (χ1) is 10.3. The Balaban J connectivity index is 0.00000176. The number of likely N-dealkylation sites (tertiary alicyclic amines) is 1. The van der Waals surface area contributed by atoms with Crippen LogP contribution in [-0.4, -0.2) is 36.2 Å². The number of rotatable bonds is 2. The number of ether oxygens (including phenoxy) is 1. The Morgan fingerprint density at radius 1 is 1.14 bits per heavy atom. The predicted octanol–water partition coefficient (Wildman–Crippen LogP) is 3.35. The van der Waals surface area contributed by atoms with Crippen molar-refractivity contribution in [3.05, 3.63) is 35.9 Å². The minimum atomic E-state index is -0.176. The Morgan fingerprint density at radius 2 is 1.86 bits per heavy atom. The number of benzene rings is 1. The molecule has 3 rings (SSSR count). The normalized spacial score (nSPS) is 20.3. The van der Waals surface area contributed by atoms with Gasteiger partial charge in [0, 0.05) is 18.6 Å². The Morgan fingerprint density at radius 3 is 2.50 bits per heavy atom. The molecule has 0 saturated carbocycles. The molecule has 0 aliphatic carbocycles. The summed E-state index contributed by atoms with van der Waals surface area (Å²) in [5, 5.41) is 3.67. The van der Waals surface area contributed by atoms with Crippen molar-refractivity contribution in [2.75, 3.05) is 19.6 Å². The van der Waals surface area contributed by atoms with Crippen LogP contribution in [0.1, 0.15) is 37.7 Å². The smallest absolute Gasteiger partial charge is 0.410 e. The minimum absolute atomic E-state index is 0. The van der Waals surface area contributed by atoms with Gasteiger partial charge in [0.15, 0.2) is 0 Å². The molecule has 2 saturated heterocycles. The van der Waals surface area contributed by atoms with Crippen LogP contribution in [0.25, 0.3) is 0 Å². The van der Waals surface area contributed by atoms with Gasteiger partial charge in [0.25, 0.3) is 0 Å². The Labute approximate surface area is 138 Å². The number of carbonyl (C=O) groups excluding carboxylic acids is 1. The molecule has 0 aromatic heterocycles. The summed E-state index contributed by atoms with van der Waals surface area (Å²) >= 11 is 0.